The van der Waals surface area contributed by atoms with Crippen LogP contribution in [-0.4, -0.2) is 56.3 Å². The third-order valence-electron chi connectivity index (χ3n) is 5.43. The van der Waals surface area contributed by atoms with Crippen LogP contribution < -0.4 is 4.72 Å². The number of hydrogen-bond acceptors (Lipinski definition) is 5. The second-order valence-electron chi connectivity index (χ2n) is 7.42. The average Bonchev–Trinajstić information content (AvgIpc) is 3.44. The van der Waals surface area contributed by atoms with Crippen LogP contribution in [0.25, 0.3) is 0 Å². The van der Waals surface area contributed by atoms with Crippen molar-refractivity contribution < 1.29 is 13.2 Å². The Morgan fingerprint density at radius 1 is 1.11 bits per heavy atom. The molecule has 2 aliphatic heterocycles. The summed E-state index contributed by atoms with van der Waals surface area (Å²) in [6, 6.07) is 10.3. The molecule has 2 fully saturated rings. The summed E-state index contributed by atoms with van der Waals surface area (Å²) in [4.78, 5) is 17.5. The lowest BCUT2D eigenvalue weighted by molar-refractivity contribution is 0.0709. The summed E-state index contributed by atoms with van der Waals surface area (Å²) >= 11 is 1.16. The predicted octanol–water partition coefficient (Wildman–Crippen LogP) is 3.25. The van der Waals surface area contributed by atoms with Crippen molar-refractivity contribution in [3.63, 3.8) is 0 Å². The van der Waals surface area contributed by atoms with Crippen molar-refractivity contribution >= 4 is 33.0 Å². The minimum absolute atomic E-state index is 0.0149. The summed E-state index contributed by atoms with van der Waals surface area (Å²) in [5, 5.41) is 1.72. The molecular weight excluding hydrogens is 394 g/mol. The van der Waals surface area contributed by atoms with Crippen LogP contribution >= 0.6 is 11.3 Å². The second kappa shape index (κ2) is 8.23. The van der Waals surface area contributed by atoms with E-state index in [1.807, 2.05) is 4.90 Å². The van der Waals surface area contributed by atoms with Gasteiger partial charge in [-0.25, -0.2) is 8.42 Å². The van der Waals surface area contributed by atoms with Crippen molar-refractivity contribution in [2.24, 2.45) is 0 Å². The van der Waals surface area contributed by atoms with Gasteiger partial charge in [-0.15, -0.1) is 11.3 Å². The molecule has 0 radical (unpaired) electrons. The molecule has 0 bridgehead atoms. The van der Waals surface area contributed by atoms with Crippen molar-refractivity contribution in [3.8, 4) is 0 Å². The maximum Gasteiger partial charge on any atom is 0.271 e. The van der Waals surface area contributed by atoms with Gasteiger partial charge < -0.3 is 9.80 Å². The van der Waals surface area contributed by atoms with Crippen molar-refractivity contribution in [3.05, 3.63) is 47.3 Å². The lowest BCUT2D eigenvalue weighted by Gasteiger charge is -2.28. The molecule has 0 aliphatic carbocycles. The van der Waals surface area contributed by atoms with Gasteiger partial charge in [0.05, 0.1) is 0 Å². The molecule has 1 aromatic carbocycles. The largest absolute Gasteiger partial charge is 0.334 e. The molecule has 3 heterocycles. The maximum absolute atomic E-state index is 13.1. The molecule has 1 aromatic heterocycles. The van der Waals surface area contributed by atoms with Crippen molar-refractivity contribution in [1.29, 1.82) is 0 Å². The number of thiophene rings is 1. The highest BCUT2D eigenvalue weighted by atomic mass is 32.2. The molecular formula is C20H25N3O3S2. The first kappa shape index (κ1) is 19.4. The van der Waals surface area contributed by atoms with Gasteiger partial charge in [0.2, 0.25) is 0 Å². The minimum Gasteiger partial charge on any atom is -0.334 e. The highest BCUT2D eigenvalue weighted by molar-refractivity contribution is 7.94. The highest BCUT2D eigenvalue weighted by Gasteiger charge is 2.31. The van der Waals surface area contributed by atoms with E-state index in [1.165, 1.54) is 12.8 Å². The molecule has 2 saturated heterocycles. The minimum atomic E-state index is -3.62. The predicted molar refractivity (Wildman–Crippen MR) is 111 cm³/mol. The van der Waals surface area contributed by atoms with Gasteiger partial charge in [0.15, 0.2) is 0 Å². The van der Waals surface area contributed by atoms with Gasteiger partial charge in [0, 0.05) is 30.4 Å². The van der Waals surface area contributed by atoms with E-state index in [1.54, 1.807) is 41.8 Å². The molecule has 6 nitrogen and oxygen atoms in total. The second-order valence-corrected chi connectivity index (χ2v) is 10.3. The molecule has 8 heteroatoms. The van der Waals surface area contributed by atoms with E-state index in [2.05, 4.69) is 9.62 Å². The number of nitrogens with zero attached hydrogens (tertiary/aromatic N) is 2. The molecule has 1 amide bonds. The Kier molecular flexibility index (Phi) is 5.70. The third kappa shape index (κ3) is 4.24. The van der Waals surface area contributed by atoms with Crippen molar-refractivity contribution in [2.45, 2.75) is 35.9 Å². The Balaban J connectivity index is 1.48. The SMILES string of the molecule is O=C(c1cccc(NS(=O)(=O)c2cccs2)c1)N1CCCC1CN1CCCC1. The zero-order valence-corrected chi connectivity index (χ0v) is 17.3. The van der Waals surface area contributed by atoms with Crippen LogP contribution in [0, 0.1) is 0 Å². The smallest absolute Gasteiger partial charge is 0.271 e. The van der Waals surface area contributed by atoms with E-state index in [9.17, 15) is 13.2 Å². The van der Waals surface area contributed by atoms with E-state index in [0.717, 1.165) is 50.4 Å². The molecule has 1 atom stereocenters. The Hall–Kier alpha value is -1.90. The zero-order valence-electron chi connectivity index (χ0n) is 15.7. The molecule has 150 valence electrons. The lowest BCUT2D eigenvalue weighted by Crippen LogP contribution is -2.42. The fourth-order valence-corrected chi connectivity index (χ4v) is 6.10. The van der Waals surface area contributed by atoms with Gasteiger partial charge in [-0.05, 0) is 68.4 Å². The molecule has 1 N–H and O–H groups in total. The molecule has 2 aromatic rings. The average molecular weight is 420 g/mol. The van der Waals surface area contributed by atoms with Gasteiger partial charge in [-0.1, -0.05) is 12.1 Å². The number of carbonyl (C=O) groups is 1. The van der Waals surface area contributed by atoms with Crippen LogP contribution in [0.1, 0.15) is 36.0 Å². The van der Waals surface area contributed by atoms with Crippen LogP contribution in [0.5, 0.6) is 0 Å². The Labute approximate surface area is 170 Å². The Morgan fingerprint density at radius 3 is 2.68 bits per heavy atom. The van der Waals surface area contributed by atoms with E-state index in [0.29, 0.717) is 11.3 Å². The van der Waals surface area contributed by atoms with Gasteiger partial charge in [0.1, 0.15) is 4.21 Å². The topological polar surface area (TPSA) is 69.7 Å². The fourth-order valence-electron chi connectivity index (χ4n) is 4.06. The van der Waals surface area contributed by atoms with E-state index in [4.69, 9.17) is 0 Å². The number of benzene rings is 1. The monoisotopic (exact) mass is 419 g/mol. The summed E-state index contributed by atoms with van der Waals surface area (Å²) in [6.45, 7) is 3.95. The molecule has 4 rings (SSSR count). The number of nitrogens with one attached hydrogen (secondary N) is 1. The highest BCUT2D eigenvalue weighted by Crippen LogP contribution is 2.25. The molecule has 28 heavy (non-hydrogen) atoms. The number of hydrogen-bond donors (Lipinski definition) is 1. The quantitative estimate of drug-likeness (QED) is 0.780. The molecule has 0 spiro atoms. The fraction of sp³-hybridized carbons (Fsp3) is 0.450. The van der Waals surface area contributed by atoms with Crippen LogP contribution in [0.2, 0.25) is 0 Å². The van der Waals surface area contributed by atoms with Crippen LogP contribution in [0.3, 0.4) is 0 Å². The zero-order chi connectivity index (χ0) is 19.6. The number of rotatable bonds is 6. The Bertz CT molecular complexity index is 922. The van der Waals surface area contributed by atoms with Gasteiger partial charge in [0.25, 0.3) is 15.9 Å². The van der Waals surface area contributed by atoms with E-state index >= 15 is 0 Å². The summed E-state index contributed by atoms with van der Waals surface area (Å²) in [7, 11) is -3.62. The van der Waals surface area contributed by atoms with E-state index in [-0.39, 0.29) is 16.2 Å². The van der Waals surface area contributed by atoms with Crippen molar-refractivity contribution in [1.82, 2.24) is 9.80 Å². The summed E-state index contributed by atoms with van der Waals surface area (Å²) in [5.41, 5.74) is 0.939. The van der Waals surface area contributed by atoms with Crippen LogP contribution in [-0.2, 0) is 10.0 Å². The third-order valence-corrected chi connectivity index (χ3v) is 8.21. The number of carbonyl (C=O) groups excluding carboxylic acids is 1. The van der Waals surface area contributed by atoms with Gasteiger partial charge in [-0.3, -0.25) is 9.52 Å². The van der Waals surface area contributed by atoms with Gasteiger partial charge in [-0.2, -0.15) is 0 Å². The van der Waals surface area contributed by atoms with Gasteiger partial charge >= 0.3 is 0 Å². The number of sulfonamides is 1. The molecule has 1 unspecified atom stereocenters. The number of likely N-dealkylation sites (tertiary alicyclic amines) is 2. The molecule has 2 aliphatic rings. The van der Waals surface area contributed by atoms with Crippen LogP contribution in [0.15, 0.2) is 46.0 Å². The normalized spacial score (nSPS) is 20.6. The standard InChI is InChI=1S/C20H25N3O3S2/c24-20(23-12-4-8-18(23)15-22-10-1-2-11-22)16-6-3-7-17(14-16)21-28(25,26)19-9-5-13-27-19/h3,5-7,9,13-14,18,21H,1-2,4,8,10-12,15H2. The summed E-state index contributed by atoms with van der Waals surface area (Å²) in [5.74, 6) is -0.0149. The lowest BCUT2D eigenvalue weighted by atomic mass is 10.1. The number of amides is 1. The molecule has 0 saturated carbocycles. The number of anilines is 1. The van der Waals surface area contributed by atoms with Crippen molar-refractivity contribution in [2.75, 3.05) is 30.9 Å². The summed E-state index contributed by atoms with van der Waals surface area (Å²) < 4.78 is 27.7. The first-order chi connectivity index (χ1) is 13.5. The first-order valence-electron chi connectivity index (χ1n) is 9.73. The van der Waals surface area contributed by atoms with E-state index < -0.39 is 10.0 Å². The van der Waals surface area contributed by atoms with Crippen LogP contribution in [0.4, 0.5) is 5.69 Å². The Morgan fingerprint density at radius 2 is 1.93 bits per heavy atom. The maximum atomic E-state index is 13.1. The first-order valence-corrected chi connectivity index (χ1v) is 12.1. The summed E-state index contributed by atoms with van der Waals surface area (Å²) in [6.07, 6.45) is 4.54.